The van der Waals surface area contributed by atoms with Gasteiger partial charge in [-0.3, -0.25) is 0 Å². The van der Waals surface area contributed by atoms with Gasteiger partial charge in [-0.05, 0) is 18.6 Å². The largest absolute Gasteiger partial charge is 0.494 e. The molecule has 0 saturated carbocycles. The molecule has 0 aliphatic carbocycles. The maximum Gasteiger partial charge on any atom is 0.119 e. The van der Waals surface area contributed by atoms with Crippen LogP contribution in [0.2, 0.25) is 0 Å². The maximum atomic E-state index is 7.62. The monoisotopic (exact) mass is 450 g/mol. The average molecular weight is 451 g/mol. The molecular weight excluding hydrogens is 396 g/mol. The second-order valence-corrected chi connectivity index (χ2v) is 4.73. The van der Waals surface area contributed by atoms with Crippen LogP contribution in [0.4, 0.5) is 0 Å². The van der Waals surface area contributed by atoms with Crippen molar-refractivity contribution in [2.75, 3.05) is 19.8 Å². The zero-order valence-corrected chi connectivity index (χ0v) is 21.2. The topological polar surface area (TPSA) is 49.7 Å². The molecule has 1 rings (SSSR count). The van der Waals surface area contributed by atoms with Gasteiger partial charge in [-0.15, -0.1) is 78.9 Å². The normalized spacial score (nSPS) is 6.84. The highest BCUT2D eigenvalue weighted by Crippen LogP contribution is 2.10. The molecule has 0 bridgehead atoms. The van der Waals surface area contributed by atoms with E-state index in [-0.39, 0.29) is 13.2 Å². The molecule has 1 aromatic carbocycles. The van der Waals surface area contributed by atoms with Gasteiger partial charge >= 0.3 is 0 Å². The van der Waals surface area contributed by atoms with E-state index in [0.717, 1.165) is 12.4 Å². The number of rotatable bonds is 10. The minimum atomic E-state index is -0.125. The molecule has 0 heterocycles. The third-order valence-electron chi connectivity index (χ3n) is 2.86. The van der Waals surface area contributed by atoms with Gasteiger partial charge in [-0.25, -0.2) is 0 Å². The van der Waals surface area contributed by atoms with Crippen LogP contribution in [-0.2, 0) is 0 Å². The Bertz CT molecular complexity index is 337. The lowest BCUT2D eigenvalue weighted by Gasteiger charge is -2.05. The van der Waals surface area contributed by atoms with Crippen molar-refractivity contribution in [3.63, 3.8) is 0 Å². The van der Waals surface area contributed by atoms with Crippen molar-refractivity contribution in [3.8, 4) is 5.75 Å². The molecule has 0 unspecified atom stereocenters. The highest BCUT2D eigenvalue weighted by Gasteiger charge is 1.93. The van der Waals surface area contributed by atoms with Crippen molar-refractivity contribution in [2.24, 2.45) is 0 Å². The quantitative estimate of drug-likeness (QED) is 0.277. The molecule has 0 amide bonds. The van der Waals surface area contributed by atoms with Gasteiger partial charge in [0.15, 0.2) is 0 Å². The molecule has 188 valence electrons. The number of unbranched alkanes of at least 4 members (excludes halogenated alkanes) is 6. The molecule has 0 fully saturated rings. The summed E-state index contributed by atoms with van der Waals surface area (Å²) in [4.78, 5) is 0. The van der Waals surface area contributed by atoms with Crippen molar-refractivity contribution in [1.29, 1.82) is 0 Å². The Labute approximate surface area is 201 Å². The third kappa shape index (κ3) is 71.0. The van der Waals surface area contributed by atoms with Crippen molar-refractivity contribution < 1.29 is 14.9 Å². The molecule has 0 spiro atoms. The van der Waals surface area contributed by atoms with Gasteiger partial charge in [0.05, 0.1) is 19.8 Å². The fourth-order valence-corrected chi connectivity index (χ4v) is 1.77. The first-order valence-electron chi connectivity index (χ1n) is 10.7. The summed E-state index contributed by atoms with van der Waals surface area (Å²) < 4.78 is 5.63. The van der Waals surface area contributed by atoms with E-state index in [1.807, 2.05) is 30.3 Å². The van der Waals surface area contributed by atoms with Crippen LogP contribution in [-0.4, -0.2) is 30.0 Å². The minimum Gasteiger partial charge on any atom is -0.494 e. The van der Waals surface area contributed by atoms with E-state index in [1.54, 1.807) is 0 Å². The number of hydrogen-bond donors (Lipinski definition) is 2. The Balaban J connectivity index is -0.0000000654. The van der Waals surface area contributed by atoms with Gasteiger partial charge in [0, 0.05) is 0 Å². The SMILES string of the molecule is C=C.C=C.C=C.C=C.C=C.C=C.CCCCCCCCCOc1ccccc1.OCCO. The summed E-state index contributed by atoms with van der Waals surface area (Å²) in [6.45, 7) is 38.9. The van der Waals surface area contributed by atoms with E-state index in [1.165, 1.54) is 44.9 Å². The second kappa shape index (κ2) is 79.3. The molecule has 0 aromatic heterocycles. The molecule has 0 atom stereocenters. The maximum absolute atomic E-state index is 7.62. The minimum absolute atomic E-state index is 0.125. The summed E-state index contributed by atoms with van der Waals surface area (Å²) in [5.41, 5.74) is 0. The molecule has 0 saturated heterocycles. The molecule has 3 heteroatoms. The van der Waals surface area contributed by atoms with E-state index >= 15 is 0 Å². The zero-order chi connectivity index (χ0) is 26.9. The fourth-order valence-electron chi connectivity index (χ4n) is 1.77. The first-order valence-corrected chi connectivity index (χ1v) is 10.7. The van der Waals surface area contributed by atoms with E-state index in [4.69, 9.17) is 14.9 Å². The van der Waals surface area contributed by atoms with Crippen LogP contribution in [0.15, 0.2) is 109 Å². The highest BCUT2D eigenvalue weighted by molar-refractivity contribution is 5.20. The van der Waals surface area contributed by atoms with Gasteiger partial charge in [0.25, 0.3) is 0 Å². The summed E-state index contributed by atoms with van der Waals surface area (Å²) in [5, 5.41) is 15.2. The van der Waals surface area contributed by atoms with Gasteiger partial charge < -0.3 is 14.9 Å². The number of aliphatic hydroxyl groups excluding tert-OH is 2. The Morgan fingerprint density at radius 1 is 0.562 bits per heavy atom. The Kier molecular flexibility index (Phi) is 117. The predicted molar refractivity (Wildman–Crippen MR) is 152 cm³/mol. The van der Waals surface area contributed by atoms with Crippen LogP contribution in [0.3, 0.4) is 0 Å². The number of para-hydroxylation sites is 1. The second-order valence-electron chi connectivity index (χ2n) is 4.73. The van der Waals surface area contributed by atoms with Crippen LogP contribution < -0.4 is 4.74 Å². The highest BCUT2D eigenvalue weighted by atomic mass is 16.5. The number of aliphatic hydroxyl groups is 2. The van der Waals surface area contributed by atoms with Gasteiger partial charge in [0.2, 0.25) is 0 Å². The molecule has 2 N–H and O–H groups in total. The Morgan fingerprint density at radius 2 is 0.906 bits per heavy atom. The molecular formula is C29H54O3. The van der Waals surface area contributed by atoms with Crippen LogP contribution >= 0.6 is 0 Å². The molecule has 0 aliphatic heterocycles. The van der Waals surface area contributed by atoms with Crippen molar-refractivity contribution in [1.82, 2.24) is 0 Å². The summed E-state index contributed by atoms with van der Waals surface area (Å²) in [6, 6.07) is 10.1. The van der Waals surface area contributed by atoms with E-state index in [9.17, 15) is 0 Å². The third-order valence-corrected chi connectivity index (χ3v) is 2.86. The molecule has 0 aliphatic rings. The Hall–Kier alpha value is -2.62. The van der Waals surface area contributed by atoms with E-state index in [2.05, 4.69) is 85.9 Å². The molecule has 0 radical (unpaired) electrons. The summed E-state index contributed by atoms with van der Waals surface area (Å²) in [7, 11) is 0. The first kappa shape index (κ1) is 47.2. The van der Waals surface area contributed by atoms with Gasteiger partial charge in [-0.2, -0.15) is 0 Å². The lowest BCUT2D eigenvalue weighted by atomic mass is 10.1. The molecule has 3 nitrogen and oxygen atoms in total. The number of ether oxygens (including phenoxy) is 1. The van der Waals surface area contributed by atoms with Crippen molar-refractivity contribution in [2.45, 2.75) is 51.9 Å². The smallest absolute Gasteiger partial charge is 0.119 e. The van der Waals surface area contributed by atoms with Crippen LogP contribution in [0.1, 0.15) is 51.9 Å². The van der Waals surface area contributed by atoms with E-state index < -0.39 is 0 Å². The van der Waals surface area contributed by atoms with Crippen LogP contribution in [0.5, 0.6) is 5.75 Å². The van der Waals surface area contributed by atoms with Crippen LogP contribution in [0.25, 0.3) is 0 Å². The Morgan fingerprint density at radius 3 is 1.25 bits per heavy atom. The van der Waals surface area contributed by atoms with Gasteiger partial charge in [0.1, 0.15) is 5.75 Å². The lowest BCUT2D eigenvalue weighted by molar-refractivity contribution is 0.186. The van der Waals surface area contributed by atoms with Crippen LogP contribution in [0, 0.1) is 0 Å². The lowest BCUT2D eigenvalue weighted by Crippen LogP contribution is -1.96. The summed E-state index contributed by atoms with van der Waals surface area (Å²) in [6.07, 6.45) is 9.35. The first-order chi connectivity index (χ1) is 15.8. The average Bonchev–Trinajstić information content (AvgIpc) is 2.93. The summed E-state index contributed by atoms with van der Waals surface area (Å²) in [5.74, 6) is 0.994. The zero-order valence-electron chi connectivity index (χ0n) is 21.2. The number of benzene rings is 1. The van der Waals surface area contributed by atoms with Gasteiger partial charge in [-0.1, -0.05) is 63.6 Å². The van der Waals surface area contributed by atoms with Crippen molar-refractivity contribution in [3.05, 3.63) is 109 Å². The summed E-state index contributed by atoms with van der Waals surface area (Å²) >= 11 is 0. The molecule has 1 aromatic rings. The van der Waals surface area contributed by atoms with E-state index in [0.29, 0.717) is 0 Å². The number of hydrogen-bond acceptors (Lipinski definition) is 3. The standard InChI is InChI=1S/C15H24O.C2H6O2.6C2H4/c1-2-3-4-5-6-7-11-14-16-15-12-9-8-10-13-15;3-1-2-4;6*1-2/h8-10,12-13H,2-7,11,14H2,1H3;3-4H,1-2H2;6*1-2H2. The predicted octanol–water partition coefficient (Wildman–Crippen LogP) is 8.60. The fraction of sp³-hybridized carbons (Fsp3) is 0.379. The van der Waals surface area contributed by atoms with Crippen molar-refractivity contribution >= 4 is 0 Å². The molecule has 32 heavy (non-hydrogen) atoms.